The molecule has 0 N–H and O–H groups in total. The first kappa shape index (κ1) is 17.2. The van der Waals surface area contributed by atoms with E-state index < -0.39 is 11.8 Å². The fraction of sp³-hybridized carbons (Fsp3) is 0.571. The molecule has 1 aliphatic heterocycles. The Balaban J connectivity index is 1.90. The molecule has 0 bridgehead atoms. The zero-order valence-corrected chi connectivity index (χ0v) is 15.4. The minimum Gasteiger partial charge on any atom is -0.494 e. The second-order valence-corrected chi connectivity index (χ2v) is 14.5. The van der Waals surface area contributed by atoms with E-state index in [1.807, 2.05) is 32.0 Å². The first-order chi connectivity index (χ1) is 9.81. The summed E-state index contributed by atoms with van der Waals surface area (Å²) in [6.45, 7) is 5.05. The molecule has 21 heavy (non-hydrogen) atoms. The summed E-state index contributed by atoms with van der Waals surface area (Å²) in [5, 5.41) is 0. The van der Waals surface area contributed by atoms with Gasteiger partial charge in [0.15, 0.2) is 0 Å². The van der Waals surface area contributed by atoms with Crippen LogP contribution in [0.15, 0.2) is 18.2 Å². The van der Waals surface area contributed by atoms with Crippen molar-refractivity contribution in [3.8, 4) is 11.5 Å². The number of rotatable bonds is 6. The average molecular weight is 370 g/mol. The Hall–Kier alpha value is -0.133. The van der Waals surface area contributed by atoms with Gasteiger partial charge in [-0.15, -0.1) is 33.2 Å². The van der Waals surface area contributed by atoms with Crippen LogP contribution in [0.4, 0.5) is 0 Å². The van der Waals surface area contributed by atoms with Crippen LogP contribution in [0.1, 0.15) is 32.3 Å². The van der Waals surface area contributed by atoms with Crippen molar-refractivity contribution in [3.05, 3.63) is 23.8 Å². The molecule has 118 valence electrons. The lowest BCUT2D eigenvalue weighted by molar-refractivity contribution is -0.194. The highest BCUT2D eigenvalue weighted by molar-refractivity contribution is 7.64. The van der Waals surface area contributed by atoms with E-state index >= 15 is 0 Å². The number of ether oxygens (including phenoxy) is 3. The number of hydrogen-bond acceptors (Lipinski definition) is 3. The van der Waals surface area contributed by atoms with Crippen molar-refractivity contribution in [1.29, 1.82) is 0 Å². The second kappa shape index (κ2) is 6.96. The molecule has 0 saturated heterocycles. The molecule has 0 saturated carbocycles. The predicted molar refractivity (Wildman–Crippen MR) is 88.8 cm³/mol. The van der Waals surface area contributed by atoms with Gasteiger partial charge in [-0.2, -0.15) is 0 Å². The second-order valence-electron chi connectivity index (χ2n) is 5.21. The topological polar surface area (TPSA) is 27.7 Å². The smallest absolute Gasteiger partial charge is 0.341 e. The number of benzene rings is 1. The summed E-state index contributed by atoms with van der Waals surface area (Å²) < 4.78 is 17.3. The van der Waals surface area contributed by atoms with Crippen molar-refractivity contribution >= 4 is 39.2 Å². The van der Waals surface area contributed by atoms with Crippen LogP contribution >= 0.6 is 33.2 Å². The zero-order valence-electron chi connectivity index (χ0n) is 12.1. The van der Waals surface area contributed by atoms with Crippen LogP contribution in [-0.2, 0) is 11.3 Å². The normalized spacial score (nSPS) is 21.6. The van der Waals surface area contributed by atoms with Crippen molar-refractivity contribution < 1.29 is 14.2 Å². The molecule has 1 unspecified atom stereocenters. The number of hydrogen-bond donors (Lipinski definition) is 0. The average Bonchev–Trinajstić information content (AvgIpc) is 2.43. The van der Waals surface area contributed by atoms with Crippen molar-refractivity contribution in [3.63, 3.8) is 0 Å². The molecule has 1 aromatic rings. The third kappa shape index (κ3) is 5.22. The molecule has 0 radical (unpaired) electrons. The lowest BCUT2D eigenvalue weighted by Crippen LogP contribution is -2.38. The van der Waals surface area contributed by atoms with Crippen LogP contribution in [0, 0.1) is 0 Å². The lowest BCUT2D eigenvalue weighted by atomic mass is 10.1. The van der Waals surface area contributed by atoms with Crippen LogP contribution in [0.25, 0.3) is 0 Å². The first-order valence-electron chi connectivity index (χ1n) is 6.97. The van der Waals surface area contributed by atoms with Crippen LogP contribution in [-0.4, -0.2) is 18.4 Å². The molecule has 3 nitrogen and oxygen atoms in total. The van der Waals surface area contributed by atoms with E-state index in [-0.39, 0.29) is 0 Å². The van der Waals surface area contributed by atoms with E-state index in [0.717, 1.165) is 29.9 Å². The van der Waals surface area contributed by atoms with Gasteiger partial charge in [0.1, 0.15) is 11.5 Å². The van der Waals surface area contributed by atoms with E-state index in [9.17, 15) is 0 Å². The SMILES string of the molecule is CCC1(C)OCc2cc(OCCC[Si](Cl)(Cl)Cl)ccc2O1. The quantitative estimate of drug-likeness (QED) is 0.394. The van der Waals surface area contributed by atoms with E-state index in [1.54, 1.807) is 0 Å². The third-order valence-electron chi connectivity index (χ3n) is 3.41. The summed E-state index contributed by atoms with van der Waals surface area (Å²) in [4.78, 5) is 0. The Morgan fingerprint density at radius 2 is 2.10 bits per heavy atom. The van der Waals surface area contributed by atoms with Gasteiger partial charge in [-0.25, -0.2) is 0 Å². The molecular weight excluding hydrogens is 351 g/mol. The molecule has 1 aliphatic rings. The molecule has 7 heteroatoms. The summed E-state index contributed by atoms with van der Waals surface area (Å²) >= 11 is 17.5. The van der Waals surface area contributed by atoms with Gasteiger partial charge in [-0.3, -0.25) is 0 Å². The van der Waals surface area contributed by atoms with Gasteiger partial charge in [0.05, 0.1) is 13.2 Å². The van der Waals surface area contributed by atoms with Crippen molar-refractivity contribution in [2.45, 2.75) is 45.1 Å². The van der Waals surface area contributed by atoms with Gasteiger partial charge >= 0.3 is 6.00 Å². The highest BCUT2D eigenvalue weighted by Gasteiger charge is 2.30. The summed E-state index contributed by atoms with van der Waals surface area (Å²) in [5.74, 6) is 1.10. The summed E-state index contributed by atoms with van der Waals surface area (Å²) in [6, 6.07) is 3.82. The minimum absolute atomic E-state index is 0.526. The van der Waals surface area contributed by atoms with Gasteiger partial charge in [-0.1, -0.05) is 6.92 Å². The molecular formula is C14H19Cl3O3Si. The summed E-state index contributed by atoms with van der Waals surface area (Å²) in [7, 11) is 0. The molecule has 1 aromatic carbocycles. The van der Waals surface area contributed by atoms with E-state index in [1.165, 1.54) is 0 Å². The molecule has 0 fully saturated rings. The predicted octanol–water partition coefficient (Wildman–Crippen LogP) is 5.15. The molecule has 0 spiro atoms. The molecule has 0 aliphatic carbocycles. The summed E-state index contributed by atoms with van der Waals surface area (Å²) in [5.41, 5.74) is 0.995. The maximum absolute atomic E-state index is 5.87. The van der Waals surface area contributed by atoms with E-state index in [0.29, 0.717) is 19.3 Å². The summed E-state index contributed by atoms with van der Waals surface area (Å²) in [6.07, 6.45) is 1.53. The molecule has 0 aromatic heterocycles. The number of halogens is 3. The molecule has 0 amide bonds. The van der Waals surface area contributed by atoms with Crippen LogP contribution in [0.2, 0.25) is 6.04 Å². The van der Waals surface area contributed by atoms with Crippen molar-refractivity contribution in [1.82, 2.24) is 0 Å². The van der Waals surface area contributed by atoms with Crippen LogP contribution in [0.5, 0.6) is 11.5 Å². The van der Waals surface area contributed by atoms with Gasteiger partial charge in [-0.05, 0) is 30.7 Å². The third-order valence-corrected chi connectivity index (χ3v) is 6.03. The van der Waals surface area contributed by atoms with Crippen molar-refractivity contribution in [2.24, 2.45) is 0 Å². The highest BCUT2D eigenvalue weighted by atomic mass is 35.8. The zero-order chi connectivity index (χ0) is 15.5. The largest absolute Gasteiger partial charge is 0.494 e. The maximum atomic E-state index is 5.87. The molecule has 2 rings (SSSR count). The molecule has 1 heterocycles. The maximum Gasteiger partial charge on any atom is 0.341 e. The van der Waals surface area contributed by atoms with Gasteiger partial charge in [0.25, 0.3) is 0 Å². The van der Waals surface area contributed by atoms with Gasteiger partial charge in [0, 0.05) is 18.9 Å². The highest BCUT2D eigenvalue weighted by Crippen LogP contribution is 2.35. The lowest BCUT2D eigenvalue weighted by Gasteiger charge is -2.35. The first-order valence-corrected chi connectivity index (χ1v) is 12.2. The van der Waals surface area contributed by atoms with Gasteiger partial charge < -0.3 is 14.2 Å². The fourth-order valence-electron chi connectivity index (χ4n) is 1.99. The van der Waals surface area contributed by atoms with E-state index in [2.05, 4.69) is 0 Å². The Morgan fingerprint density at radius 3 is 2.76 bits per heavy atom. The fourth-order valence-corrected chi connectivity index (χ4v) is 3.74. The van der Waals surface area contributed by atoms with E-state index in [4.69, 9.17) is 47.4 Å². The Morgan fingerprint density at radius 1 is 1.33 bits per heavy atom. The van der Waals surface area contributed by atoms with Gasteiger partial charge in [0.2, 0.25) is 5.79 Å². The Kier molecular flexibility index (Phi) is 5.71. The number of fused-ring (bicyclic) bond motifs is 1. The Labute approximate surface area is 140 Å². The van der Waals surface area contributed by atoms with Crippen LogP contribution in [0.3, 0.4) is 0 Å². The van der Waals surface area contributed by atoms with Crippen molar-refractivity contribution in [2.75, 3.05) is 6.61 Å². The molecule has 1 atom stereocenters. The van der Waals surface area contributed by atoms with Crippen LogP contribution < -0.4 is 9.47 Å². The monoisotopic (exact) mass is 368 g/mol. The minimum atomic E-state index is -2.54. The Bertz CT molecular complexity index is 493. The standard InChI is InChI=1S/C14H19Cl3O3Si/c1-3-14(2)19-10-11-9-12(5-6-13(11)20-14)18-7-4-8-21(15,16)17/h5-6,9H,3-4,7-8,10H2,1-2H3.